The lowest BCUT2D eigenvalue weighted by Gasteiger charge is -1.98. The van der Waals surface area contributed by atoms with Gasteiger partial charge in [-0.3, -0.25) is 9.48 Å². The molecule has 5 nitrogen and oxygen atoms in total. The molecule has 1 amide bonds. The Morgan fingerprint density at radius 3 is 2.59 bits per heavy atom. The quantitative estimate of drug-likeness (QED) is 0.805. The van der Waals surface area contributed by atoms with Gasteiger partial charge in [0.25, 0.3) is 5.91 Å². The SMILES string of the molecule is Cc1nc(Cn2cc(C(N)=O)c(-c3ccccc3)n2)sc1C. The van der Waals surface area contributed by atoms with Gasteiger partial charge >= 0.3 is 0 Å². The maximum atomic E-state index is 11.7. The fourth-order valence-electron chi connectivity index (χ4n) is 2.24. The number of rotatable bonds is 4. The van der Waals surface area contributed by atoms with E-state index in [1.54, 1.807) is 22.2 Å². The van der Waals surface area contributed by atoms with Gasteiger partial charge in [0, 0.05) is 16.6 Å². The Morgan fingerprint density at radius 2 is 2.00 bits per heavy atom. The number of hydrogen-bond acceptors (Lipinski definition) is 4. The number of thiazole rings is 1. The third-order valence-electron chi connectivity index (χ3n) is 3.44. The molecule has 22 heavy (non-hydrogen) atoms. The molecule has 0 bridgehead atoms. The van der Waals surface area contributed by atoms with Crippen molar-refractivity contribution < 1.29 is 4.79 Å². The summed E-state index contributed by atoms with van der Waals surface area (Å²) in [6.07, 6.45) is 1.69. The van der Waals surface area contributed by atoms with E-state index in [9.17, 15) is 4.79 Å². The first kappa shape index (κ1) is 14.5. The average molecular weight is 312 g/mol. The Bertz CT molecular complexity index is 801. The van der Waals surface area contributed by atoms with Crippen LogP contribution in [0.2, 0.25) is 0 Å². The molecular weight excluding hydrogens is 296 g/mol. The Hall–Kier alpha value is -2.47. The number of carbonyl (C=O) groups excluding carboxylic acids is 1. The van der Waals surface area contributed by atoms with Gasteiger partial charge in [0.05, 0.1) is 17.8 Å². The molecule has 0 aliphatic heterocycles. The van der Waals surface area contributed by atoms with E-state index in [4.69, 9.17) is 5.73 Å². The van der Waals surface area contributed by atoms with E-state index in [0.29, 0.717) is 17.8 Å². The molecule has 0 aliphatic carbocycles. The Balaban J connectivity index is 1.98. The van der Waals surface area contributed by atoms with Gasteiger partial charge in [-0.15, -0.1) is 11.3 Å². The Labute approximate surface area is 132 Å². The number of nitrogens with two attached hydrogens (primary N) is 1. The van der Waals surface area contributed by atoms with Gasteiger partial charge in [0.1, 0.15) is 10.7 Å². The van der Waals surface area contributed by atoms with Crippen LogP contribution in [0.15, 0.2) is 36.5 Å². The minimum atomic E-state index is -0.475. The van der Waals surface area contributed by atoms with Crippen LogP contribution >= 0.6 is 11.3 Å². The standard InChI is InChI=1S/C16H16N4OS/c1-10-11(2)22-14(18-10)9-20-8-13(16(17)21)15(19-20)12-6-4-3-5-7-12/h3-8H,9H2,1-2H3,(H2,17,21). The molecule has 6 heteroatoms. The van der Waals surface area contributed by atoms with E-state index in [0.717, 1.165) is 16.3 Å². The van der Waals surface area contributed by atoms with Gasteiger partial charge in [-0.25, -0.2) is 4.98 Å². The fraction of sp³-hybridized carbons (Fsp3) is 0.188. The molecule has 0 spiro atoms. The number of aryl methyl sites for hydroxylation is 2. The second-order valence-electron chi connectivity index (χ2n) is 5.07. The van der Waals surface area contributed by atoms with Gasteiger partial charge in [-0.05, 0) is 13.8 Å². The number of aromatic nitrogens is 3. The van der Waals surface area contributed by atoms with Crippen LogP contribution in [0, 0.1) is 13.8 Å². The van der Waals surface area contributed by atoms with Gasteiger partial charge in [0.2, 0.25) is 0 Å². The first-order valence-corrected chi connectivity index (χ1v) is 7.72. The highest BCUT2D eigenvalue weighted by atomic mass is 32.1. The molecule has 0 fully saturated rings. The lowest BCUT2D eigenvalue weighted by molar-refractivity contribution is 0.100. The lowest BCUT2D eigenvalue weighted by Crippen LogP contribution is -2.11. The maximum Gasteiger partial charge on any atom is 0.252 e. The third kappa shape index (κ3) is 2.78. The monoisotopic (exact) mass is 312 g/mol. The van der Waals surface area contributed by atoms with Crippen LogP contribution in [0.3, 0.4) is 0 Å². The van der Waals surface area contributed by atoms with Crippen LogP contribution < -0.4 is 5.73 Å². The summed E-state index contributed by atoms with van der Waals surface area (Å²) in [6.45, 7) is 4.57. The van der Waals surface area contributed by atoms with E-state index in [1.165, 1.54) is 4.88 Å². The van der Waals surface area contributed by atoms with E-state index in [-0.39, 0.29) is 0 Å². The van der Waals surface area contributed by atoms with Crippen molar-refractivity contribution in [3.8, 4) is 11.3 Å². The first-order chi connectivity index (χ1) is 10.5. The van der Waals surface area contributed by atoms with Crippen molar-refractivity contribution in [3.63, 3.8) is 0 Å². The predicted molar refractivity (Wildman–Crippen MR) is 86.9 cm³/mol. The number of benzene rings is 1. The highest BCUT2D eigenvalue weighted by Crippen LogP contribution is 2.23. The number of primary amides is 1. The van der Waals surface area contributed by atoms with Crippen molar-refractivity contribution in [2.75, 3.05) is 0 Å². The minimum absolute atomic E-state index is 0.427. The van der Waals surface area contributed by atoms with Crippen LogP contribution in [-0.2, 0) is 6.54 Å². The van der Waals surface area contributed by atoms with Crippen molar-refractivity contribution in [1.29, 1.82) is 0 Å². The van der Waals surface area contributed by atoms with Crippen molar-refractivity contribution in [1.82, 2.24) is 14.8 Å². The largest absolute Gasteiger partial charge is 0.365 e. The fourth-order valence-corrected chi connectivity index (χ4v) is 3.16. The lowest BCUT2D eigenvalue weighted by atomic mass is 10.1. The summed E-state index contributed by atoms with van der Waals surface area (Å²) in [5.74, 6) is -0.475. The summed E-state index contributed by atoms with van der Waals surface area (Å²) >= 11 is 1.64. The van der Waals surface area contributed by atoms with Gasteiger partial charge in [-0.1, -0.05) is 30.3 Å². The normalized spacial score (nSPS) is 10.8. The molecule has 3 rings (SSSR count). The summed E-state index contributed by atoms with van der Waals surface area (Å²) < 4.78 is 1.72. The van der Waals surface area contributed by atoms with Crippen LogP contribution in [0.4, 0.5) is 0 Å². The predicted octanol–water partition coefficient (Wildman–Crippen LogP) is 2.77. The Morgan fingerprint density at radius 1 is 1.27 bits per heavy atom. The first-order valence-electron chi connectivity index (χ1n) is 6.90. The van der Waals surface area contributed by atoms with Crippen LogP contribution in [0.1, 0.15) is 25.9 Å². The zero-order valence-electron chi connectivity index (χ0n) is 12.4. The molecule has 0 saturated heterocycles. The van der Waals surface area contributed by atoms with Crippen molar-refractivity contribution in [2.45, 2.75) is 20.4 Å². The molecule has 0 unspecified atom stereocenters. The van der Waals surface area contributed by atoms with Crippen molar-refractivity contribution in [3.05, 3.63) is 57.7 Å². The van der Waals surface area contributed by atoms with Crippen LogP contribution in [0.5, 0.6) is 0 Å². The summed E-state index contributed by atoms with van der Waals surface area (Å²) in [4.78, 5) is 17.4. The zero-order chi connectivity index (χ0) is 15.7. The smallest absolute Gasteiger partial charge is 0.252 e. The molecule has 2 N–H and O–H groups in total. The molecule has 2 heterocycles. The molecule has 0 saturated carbocycles. The molecule has 0 radical (unpaired) electrons. The second-order valence-corrected chi connectivity index (χ2v) is 6.36. The summed E-state index contributed by atoms with van der Waals surface area (Å²) in [7, 11) is 0. The zero-order valence-corrected chi connectivity index (χ0v) is 13.2. The van der Waals surface area contributed by atoms with E-state index < -0.39 is 5.91 Å². The van der Waals surface area contributed by atoms with E-state index in [1.807, 2.05) is 44.2 Å². The van der Waals surface area contributed by atoms with Gasteiger partial charge in [-0.2, -0.15) is 5.10 Å². The molecule has 0 aliphatic rings. The van der Waals surface area contributed by atoms with Crippen molar-refractivity contribution >= 4 is 17.2 Å². The van der Waals surface area contributed by atoms with Crippen LogP contribution in [0.25, 0.3) is 11.3 Å². The number of amides is 1. The molecule has 3 aromatic rings. The minimum Gasteiger partial charge on any atom is -0.365 e. The number of carbonyl (C=O) groups is 1. The van der Waals surface area contributed by atoms with E-state index >= 15 is 0 Å². The number of nitrogens with zero attached hydrogens (tertiary/aromatic N) is 3. The van der Waals surface area contributed by atoms with Crippen molar-refractivity contribution in [2.24, 2.45) is 5.73 Å². The highest BCUT2D eigenvalue weighted by molar-refractivity contribution is 7.11. The summed E-state index contributed by atoms with van der Waals surface area (Å²) in [5.41, 5.74) is 8.43. The Kier molecular flexibility index (Phi) is 3.77. The molecule has 112 valence electrons. The third-order valence-corrected chi connectivity index (χ3v) is 4.50. The average Bonchev–Trinajstić information content (AvgIpc) is 3.04. The van der Waals surface area contributed by atoms with Gasteiger partial charge < -0.3 is 5.73 Å². The topological polar surface area (TPSA) is 73.8 Å². The molecule has 0 atom stereocenters. The second kappa shape index (κ2) is 5.73. The maximum absolute atomic E-state index is 11.7. The summed E-state index contributed by atoms with van der Waals surface area (Å²) in [5, 5.41) is 5.48. The molecule has 1 aromatic carbocycles. The highest BCUT2D eigenvalue weighted by Gasteiger charge is 2.16. The summed E-state index contributed by atoms with van der Waals surface area (Å²) in [6, 6.07) is 9.57. The van der Waals surface area contributed by atoms with E-state index in [2.05, 4.69) is 10.1 Å². The van der Waals surface area contributed by atoms with Gasteiger partial charge in [0.15, 0.2) is 0 Å². The van der Waals surface area contributed by atoms with Crippen LogP contribution in [-0.4, -0.2) is 20.7 Å². The molecular formula is C16H16N4OS. The molecule has 2 aromatic heterocycles. The number of hydrogen-bond donors (Lipinski definition) is 1.